The molecule has 1 saturated carbocycles. The van der Waals surface area contributed by atoms with Gasteiger partial charge in [0.1, 0.15) is 0 Å². The Morgan fingerprint density at radius 1 is 1.12 bits per heavy atom. The fourth-order valence-corrected chi connectivity index (χ4v) is 4.39. The molecule has 0 bridgehead atoms. The number of rotatable bonds is 5. The van der Waals surface area contributed by atoms with Crippen molar-refractivity contribution >= 4 is 33.2 Å². The van der Waals surface area contributed by atoms with Crippen molar-refractivity contribution in [1.29, 1.82) is 0 Å². The maximum atomic E-state index is 13.1. The van der Waals surface area contributed by atoms with Gasteiger partial charge in [0.25, 0.3) is 0 Å². The van der Waals surface area contributed by atoms with E-state index in [0.29, 0.717) is 16.3 Å². The summed E-state index contributed by atoms with van der Waals surface area (Å²) in [6.45, 7) is 0. The minimum atomic E-state index is -3.62. The number of amides is 1. The largest absolute Gasteiger partial charge is 0.325 e. The van der Waals surface area contributed by atoms with Crippen LogP contribution in [0.1, 0.15) is 36.8 Å². The molecular formula is C19H21ClN2O3S. The van der Waals surface area contributed by atoms with Gasteiger partial charge >= 0.3 is 0 Å². The molecule has 3 N–H and O–H groups in total. The Kier molecular flexibility index (Phi) is 5.37. The normalized spacial score (nSPS) is 16.4. The van der Waals surface area contributed by atoms with Crippen LogP contribution in [0.4, 0.5) is 5.69 Å². The van der Waals surface area contributed by atoms with Gasteiger partial charge < -0.3 is 5.32 Å². The molecule has 1 aliphatic carbocycles. The predicted molar refractivity (Wildman–Crippen MR) is 103 cm³/mol. The SMILES string of the molecule is NS(=O)(=O)Cc1cccc(NC(=O)C2(c3ccc(Cl)cc3)CCCC2)c1. The van der Waals surface area contributed by atoms with Gasteiger partial charge in [-0.15, -0.1) is 0 Å². The third-order valence-electron chi connectivity index (χ3n) is 4.84. The van der Waals surface area contributed by atoms with E-state index in [4.69, 9.17) is 16.7 Å². The first-order valence-electron chi connectivity index (χ1n) is 8.45. The summed E-state index contributed by atoms with van der Waals surface area (Å²) < 4.78 is 22.6. The molecule has 138 valence electrons. The van der Waals surface area contributed by atoms with E-state index in [-0.39, 0.29) is 11.7 Å². The van der Waals surface area contributed by atoms with Crippen molar-refractivity contribution in [2.75, 3.05) is 5.32 Å². The lowest BCUT2D eigenvalue weighted by Gasteiger charge is -2.28. The van der Waals surface area contributed by atoms with Crippen molar-refractivity contribution in [2.45, 2.75) is 36.9 Å². The maximum absolute atomic E-state index is 13.1. The molecule has 1 aliphatic rings. The van der Waals surface area contributed by atoms with Crippen molar-refractivity contribution < 1.29 is 13.2 Å². The molecule has 7 heteroatoms. The van der Waals surface area contributed by atoms with Crippen LogP contribution < -0.4 is 10.5 Å². The monoisotopic (exact) mass is 392 g/mol. The molecule has 5 nitrogen and oxygen atoms in total. The van der Waals surface area contributed by atoms with Crippen LogP contribution in [-0.4, -0.2) is 14.3 Å². The zero-order valence-corrected chi connectivity index (χ0v) is 15.8. The van der Waals surface area contributed by atoms with Crippen LogP contribution in [0.5, 0.6) is 0 Å². The van der Waals surface area contributed by atoms with E-state index in [2.05, 4.69) is 5.32 Å². The zero-order valence-electron chi connectivity index (χ0n) is 14.2. The number of hydrogen-bond donors (Lipinski definition) is 2. The topological polar surface area (TPSA) is 89.3 Å². The number of carbonyl (C=O) groups excluding carboxylic acids is 1. The molecule has 0 heterocycles. The number of anilines is 1. The van der Waals surface area contributed by atoms with Crippen molar-refractivity contribution in [3.8, 4) is 0 Å². The van der Waals surface area contributed by atoms with E-state index in [1.54, 1.807) is 36.4 Å². The summed E-state index contributed by atoms with van der Waals surface area (Å²) in [4.78, 5) is 13.1. The average Bonchev–Trinajstić information content (AvgIpc) is 3.05. The highest BCUT2D eigenvalue weighted by Gasteiger charge is 2.42. The number of sulfonamides is 1. The summed E-state index contributed by atoms with van der Waals surface area (Å²) in [6, 6.07) is 14.2. The number of nitrogens with two attached hydrogens (primary N) is 1. The molecule has 0 unspecified atom stereocenters. The highest BCUT2D eigenvalue weighted by atomic mass is 35.5. The summed E-state index contributed by atoms with van der Waals surface area (Å²) in [6.07, 6.45) is 3.53. The lowest BCUT2D eigenvalue weighted by atomic mass is 9.78. The number of hydrogen-bond acceptors (Lipinski definition) is 3. The van der Waals surface area contributed by atoms with Crippen LogP contribution >= 0.6 is 11.6 Å². The summed E-state index contributed by atoms with van der Waals surface area (Å²) in [7, 11) is -3.62. The number of benzene rings is 2. The second-order valence-corrected chi connectivity index (χ2v) is 8.81. The van der Waals surface area contributed by atoms with E-state index in [1.165, 1.54) is 0 Å². The zero-order chi connectivity index (χ0) is 18.8. The lowest BCUT2D eigenvalue weighted by molar-refractivity contribution is -0.121. The molecule has 2 aromatic carbocycles. The summed E-state index contributed by atoms with van der Waals surface area (Å²) in [5.41, 5.74) is 1.48. The number of carbonyl (C=O) groups is 1. The van der Waals surface area contributed by atoms with Crippen LogP contribution in [0.15, 0.2) is 48.5 Å². The Labute approximate surface area is 158 Å². The molecule has 0 aliphatic heterocycles. The van der Waals surface area contributed by atoms with Crippen LogP contribution in [0.25, 0.3) is 0 Å². The number of halogens is 1. The molecule has 26 heavy (non-hydrogen) atoms. The average molecular weight is 393 g/mol. The Bertz CT molecular complexity index is 905. The van der Waals surface area contributed by atoms with Crippen molar-refractivity contribution in [3.05, 3.63) is 64.7 Å². The fourth-order valence-electron chi connectivity index (χ4n) is 3.62. The Balaban J connectivity index is 1.85. The summed E-state index contributed by atoms with van der Waals surface area (Å²) in [5, 5.41) is 8.70. The first-order valence-corrected chi connectivity index (χ1v) is 10.5. The van der Waals surface area contributed by atoms with E-state index in [9.17, 15) is 13.2 Å². The van der Waals surface area contributed by atoms with Gasteiger partial charge in [-0.25, -0.2) is 13.6 Å². The summed E-state index contributed by atoms with van der Waals surface area (Å²) in [5.74, 6) is -0.343. The first kappa shape index (κ1) is 18.9. The second kappa shape index (κ2) is 7.39. The maximum Gasteiger partial charge on any atom is 0.235 e. The molecular weight excluding hydrogens is 372 g/mol. The Hall–Kier alpha value is -1.89. The van der Waals surface area contributed by atoms with Gasteiger partial charge in [-0.05, 0) is 48.2 Å². The number of nitrogens with one attached hydrogen (secondary N) is 1. The molecule has 3 rings (SSSR count). The van der Waals surface area contributed by atoms with E-state index < -0.39 is 15.4 Å². The van der Waals surface area contributed by atoms with Crippen LogP contribution in [0.2, 0.25) is 5.02 Å². The second-order valence-electron chi connectivity index (χ2n) is 6.76. The van der Waals surface area contributed by atoms with Crippen LogP contribution in [0, 0.1) is 0 Å². The third-order valence-corrected chi connectivity index (χ3v) is 5.83. The van der Waals surface area contributed by atoms with Crippen LogP contribution in [-0.2, 0) is 26.0 Å². The van der Waals surface area contributed by atoms with Gasteiger partial charge in [0.2, 0.25) is 15.9 Å². The molecule has 0 spiro atoms. The third kappa shape index (κ3) is 4.26. The van der Waals surface area contributed by atoms with Gasteiger partial charge in [0.05, 0.1) is 11.2 Å². The van der Waals surface area contributed by atoms with Crippen LogP contribution in [0.3, 0.4) is 0 Å². The van der Waals surface area contributed by atoms with Gasteiger partial charge in [0, 0.05) is 10.7 Å². The minimum Gasteiger partial charge on any atom is -0.325 e. The molecule has 1 fully saturated rings. The van der Waals surface area contributed by atoms with E-state index in [0.717, 1.165) is 31.2 Å². The van der Waals surface area contributed by atoms with E-state index in [1.807, 2.05) is 12.1 Å². The highest BCUT2D eigenvalue weighted by molar-refractivity contribution is 7.88. The smallest absolute Gasteiger partial charge is 0.235 e. The molecule has 2 aromatic rings. The molecule has 1 amide bonds. The van der Waals surface area contributed by atoms with Gasteiger partial charge in [-0.2, -0.15) is 0 Å². The summed E-state index contributed by atoms with van der Waals surface area (Å²) >= 11 is 5.98. The van der Waals surface area contributed by atoms with Gasteiger partial charge in [0.15, 0.2) is 0 Å². The quantitative estimate of drug-likeness (QED) is 0.814. The van der Waals surface area contributed by atoms with Crippen molar-refractivity contribution in [1.82, 2.24) is 0 Å². The van der Waals surface area contributed by atoms with Crippen molar-refractivity contribution in [2.24, 2.45) is 5.14 Å². The predicted octanol–water partition coefficient (Wildman–Crippen LogP) is 3.58. The van der Waals surface area contributed by atoms with E-state index >= 15 is 0 Å². The Morgan fingerprint density at radius 3 is 2.38 bits per heavy atom. The van der Waals surface area contributed by atoms with Gasteiger partial charge in [-0.3, -0.25) is 4.79 Å². The molecule has 0 saturated heterocycles. The molecule has 0 radical (unpaired) electrons. The standard InChI is InChI=1S/C19H21ClN2O3S/c20-16-8-6-15(7-9-16)19(10-1-2-11-19)18(23)22-17-5-3-4-14(12-17)13-26(21,24)25/h3-9,12H,1-2,10-11,13H2,(H,22,23)(H2,21,24,25). The van der Waals surface area contributed by atoms with Gasteiger partial charge in [-0.1, -0.05) is 48.7 Å². The lowest BCUT2D eigenvalue weighted by Crippen LogP contribution is -2.38. The minimum absolute atomic E-state index is 0.0786. The van der Waals surface area contributed by atoms with Crippen molar-refractivity contribution in [3.63, 3.8) is 0 Å². The molecule has 0 atom stereocenters. The first-order chi connectivity index (χ1) is 12.3. The Morgan fingerprint density at radius 2 is 1.77 bits per heavy atom. The number of primary sulfonamides is 1. The fraction of sp³-hybridized carbons (Fsp3) is 0.316. The molecule has 0 aromatic heterocycles. The highest BCUT2D eigenvalue weighted by Crippen LogP contribution is 2.42.